The Bertz CT molecular complexity index is 848. The number of nitrogens with one attached hydrogen (secondary N) is 2. The van der Waals surface area contributed by atoms with Gasteiger partial charge in [0.2, 0.25) is 5.91 Å². The van der Waals surface area contributed by atoms with Crippen LogP contribution in [0.2, 0.25) is 0 Å². The van der Waals surface area contributed by atoms with Crippen molar-refractivity contribution in [1.29, 1.82) is 0 Å². The Hall–Kier alpha value is -3.12. The Labute approximate surface area is 150 Å². The van der Waals surface area contributed by atoms with E-state index >= 15 is 0 Å². The molecule has 1 amide bonds. The summed E-state index contributed by atoms with van der Waals surface area (Å²) in [5, 5.41) is 15.5. The van der Waals surface area contributed by atoms with E-state index in [1.54, 1.807) is 24.3 Å². The lowest BCUT2D eigenvalue weighted by atomic mass is 9.82. The molecule has 0 aromatic heterocycles. The van der Waals surface area contributed by atoms with Gasteiger partial charge in [0, 0.05) is 17.1 Å². The number of amides is 1. The fourth-order valence-corrected chi connectivity index (χ4v) is 3.47. The molecule has 0 unspecified atom stereocenters. The van der Waals surface area contributed by atoms with Crippen molar-refractivity contribution in [3.63, 3.8) is 0 Å². The van der Waals surface area contributed by atoms with Crippen molar-refractivity contribution in [2.75, 3.05) is 10.6 Å². The van der Waals surface area contributed by atoms with E-state index in [2.05, 4.69) is 10.6 Å². The number of anilines is 3. The average Bonchev–Trinajstić information content (AvgIpc) is 3.25. The van der Waals surface area contributed by atoms with Gasteiger partial charge in [0.1, 0.15) is 5.92 Å². The number of carbonyl (C=O) groups excluding carboxylic acids is 1. The van der Waals surface area contributed by atoms with Crippen LogP contribution in [0.1, 0.15) is 0 Å². The van der Waals surface area contributed by atoms with Crippen molar-refractivity contribution in [2.45, 2.75) is 12.2 Å². The topological polar surface area (TPSA) is 87.7 Å². The molecule has 6 nitrogen and oxygen atoms in total. The fraction of sp³-hybridized carbons (Fsp3) is 0.200. The number of hydrogen-bond donors (Lipinski definition) is 3. The summed E-state index contributed by atoms with van der Waals surface area (Å²) in [5.41, 5.74) is 2.48. The van der Waals surface area contributed by atoms with Crippen LogP contribution in [0, 0.1) is 11.8 Å². The lowest BCUT2D eigenvalue weighted by Gasteiger charge is -2.21. The zero-order chi connectivity index (χ0) is 18.1. The van der Waals surface area contributed by atoms with Crippen LogP contribution in [-0.4, -0.2) is 29.2 Å². The predicted molar refractivity (Wildman–Crippen MR) is 97.2 cm³/mol. The molecule has 0 spiro atoms. The first-order valence-corrected chi connectivity index (χ1v) is 8.41. The minimum atomic E-state index is -1.01. The van der Waals surface area contributed by atoms with Crippen LogP contribution in [-0.2, 0) is 14.3 Å². The molecule has 4 rings (SSSR count). The number of carboxylic acids is 1. The smallest absolute Gasteiger partial charge is 0.310 e. The Morgan fingerprint density at radius 1 is 0.808 bits per heavy atom. The second kappa shape index (κ2) is 6.65. The number of benzene rings is 2. The quantitative estimate of drug-likeness (QED) is 0.722. The van der Waals surface area contributed by atoms with Crippen molar-refractivity contribution in [1.82, 2.24) is 0 Å². The number of carbonyl (C=O) groups is 2. The maximum Gasteiger partial charge on any atom is 0.310 e. The average molecular weight is 350 g/mol. The second-order valence-corrected chi connectivity index (χ2v) is 6.40. The van der Waals surface area contributed by atoms with Gasteiger partial charge in [0.05, 0.1) is 18.1 Å². The molecule has 26 heavy (non-hydrogen) atoms. The second-order valence-electron chi connectivity index (χ2n) is 6.40. The third kappa shape index (κ3) is 3.07. The van der Waals surface area contributed by atoms with E-state index in [0.717, 1.165) is 11.4 Å². The normalized spacial score (nSPS) is 25.8. The highest BCUT2D eigenvalue weighted by molar-refractivity contribution is 5.96. The van der Waals surface area contributed by atoms with Gasteiger partial charge in [-0.15, -0.1) is 0 Å². The Balaban J connectivity index is 1.43. The van der Waals surface area contributed by atoms with E-state index in [1.807, 2.05) is 42.5 Å². The molecule has 3 N–H and O–H groups in total. The zero-order valence-electron chi connectivity index (χ0n) is 13.8. The predicted octanol–water partition coefficient (Wildman–Crippen LogP) is 3.02. The molecular formula is C20H18N2O4. The van der Waals surface area contributed by atoms with Gasteiger partial charge in [-0.3, -0.25) is 9.59 Å². The molecule has 2 aliphatic rings. The Morgan fingerprint density at radius 3 is 2.04 bits per heavy atom. The molecule has 2 heterocycles. The highest BCUT2D eigenvalue weighted by Gasteiger charge is 2.53. The summed E-state index contributed by atoms with van der Waals surface area (Å²) >= 11 is 0. The van der Waals surface area contributed by atoms with Gasteiger partial charge in [-0.1, -0.05) is 30.4 Å². The SMILES string of the molecule is O=C(O)[C@H]1[C@H](C(=O)Nc2ccc(Nc3ccccc3)cc2)[C@H]2C=C[C@H]1O2. The Kier molecular flexibility index (Phi) is 4.18. The molecule has 2 aromatic rings. The zero-order valence-corrected chi connectivity index (χ0v) is 13.8. The summed E-state index contributed by atoms with van der Waals surface area (Å²) in [6.45, 7) is 0. The number of rotatable bonds is 5. The summed E-state index contributed by atoms with van der Waals surface area (Å²) < 4.78 is 5.54. The van der Waals surface area contributed by atoms with Crippen molar-refractivity contribution < 1.29 is 19.4 Å². The van der Waals surface area contributed by atoms with Crippen LogP contribution < -0.4 is 10.6 Å². The van der Waals surface area contributed by atoms with Gasteiger partial charge in [-0.2, -0.15) is 0 Å². The van der Waals surface area contributed by atoms with E-state index in [1.165, 1.54) is 0 Å². The number of carboxylic acid groups (broad SMARTS) is 1. The summed E-state index contributed by atoms with van der Waals surface area (Å²) in [6, 6.07) is 17.0. The summed E-state index contributed by atoms with van der Waals surface area (Å²) in [4.78, 5) is 24.1. The molecule has 4 atom stereocenters. The number of para-hydroxylation sites is 1. The van der Waals surface area contributed by atoms with Crippen molar-refractivity contribution >= 4 is 28.9 Å². The standard InChI is InChI=1S/C20H18N2O4/c23-19(17-15-10-11-16(26-15)18(17)20(24)25)22-14-8-6-13(7-9-14)21-12-4-2-1-3-5-12/h1-11,15-18,21H,(H,22,23)(H,24,25)/t15-,16-,17-,18-/m1/s1. The van der Waals surface area contributed by atoms with Gasteiger partial charge >= 0.3 is 5.97 Å². The van der Waals surface area contributed by atoms with Crippen LogP contribution in [0.3, 0.4) is 0 Å². The molecule has 6 heteroatoms. The number of aliphatic carboxylic acids is 1. The van der Waals surface area contributed by atoms with Crippen LogP contribution in [0.4, 0.5) is 17.1 Å². The lowest BCUT2D eigenvalue weighted by molar-refractivity contribution is -0.145. The maximum atomic E-state index is 12.6. The highest BCUT2D eigenvalue weighted by atomic mass is 16.5. The first-order chi connectivity index (χ1) is 12.6. The van der Waals surface area contributed by atoms with Gasteiger partial charge < -0.3 is 20.5 Å². The van der Waals surface area contributed by atoms with Crippen LogP contribution >= 0.6 is 0 Å². The van der Waals surface area contributed by atoms with Gasteiger partial charge in [0.25, 0.3) is 0 Å². The van der Waals surface area contributed by atoms with E-state index in [-0.39, 0.29) is 5.91 Å². The maximum absolute atomic E-state index is 12.6. The first-order valence-electron chi connectivity index (χ1n) is 8.41. The largest absolute Gasteiger partial charge is 0.481 e. The van der Waals surface area contributed by atoms with Crippen LogP contribution in [0.15, 0.2) is 66.7 Å². The van der Waals surface area contributed by atoms with E-state index in [0.29, 0.717) is 5.69 Å². The van der Waals surface area contributed by atoms with Crippen molar-refractivity contribution in [2.24, 2.45) is 11.8 Å². The lowest BCUT2D eigenvalue weighted by Crippen LogP contribution is -2.39. The molecular weight excluding hydrogens is 332 g/mol. The Morgan fingerprint density at radius 2 is 1.38 bits per heavy atom. The fourth-order valence-electron chi connectivity index (χ4n) is 3.47. The van der Waals surface area contributed by atoms with Gasteiger partial charge in [-0.05, 0) is 36.4 Å². The minimum absolute atomic E-state index is 0.335. The number of fused-ring (bicyclic) bond motifs is 2. The first kappa shape index (κ1) is 16.4. The molecule has 0 radical (unpaired) electrons. The van der Waals surface area contributed by atoms with E-state index in [4.69, 9.17) is 4.74 Å². The van der Waals surface area contributed by atoms with Gasteiger partial charge in [0.15, 0.2) is 0 Å². The highest BCUT2D eigenvalue weighted by Crippen LogP contribution is 2.39. The third-order valence-corrected chi connectivity index (χ3v) is 4.70. The molecule has 2 bridgehead atoms. The minimum Gasteiger partial charge on any atom is -0.481 e. The van der Waals surface area contributed by atoms with E-state index in [9.17, 15) is 14.7 Å². The molecule has 2 aliphatic heterocycles. The summed E-state index contributed by atoms with van der Waals surface area (Å²) in [7, 11) is 0. The van der Waals surface area contributed by atoms with Crippen molar-refractivity contribution in [3.05, 3.63) is 66.7 Å². The summed E-state index contributed by atoms with van der Waals surface area (Å²) in [6.07, 6.45) is 2.49. The van der Waals surface area contributed by atoms with Crippen LogP contribution in [0.25, 0.3) is 0 Å². The van der Waals surface area contributed by atoms with Crippen LogP contribution in [0.5, 0.6) is 0 Å². The molecule has 0 saturated carbocycles. The molecule has 0 aliphatic carbocycles. The molecule has 132 valence electrons. The molecule has 2 aromatic carbocycles. The summed E-state index contributed by atoms with van der Waals surface area (Å²) in [5.74, 6) is -2.91. The monoisotopic (exact) mass is 350 g/mol. The van der Waals surface area contributed by atoms with E-state index < -0.39 is 30.0 Å². The van der Waals surface area contributed by atoms with Crippen molar-refractivity contribution in [3.8, 4) is 0 Å². The van der Waals surface area contributed by atoms with Gasteiger partial charge in [-0.25, -0.2) is 0 Å². The molecule has 1 fully saturated rings. The number of ether oxygens (including phenoxy) is 1. The molecule has 1 saturated heterocycles. The third-order valence-electron chi connectivity index (χ3n) is 4.70. The number of hydrogen-bond acceptors (Lipinski definition) is 4.